The second kappa shape index (κ2) is 7.81. The van der Waals surface area contributed by atoms with Crippen LogP contribution < -0.4 is 4.90 Å². The number of nitrogens with zero attached hydrogens (tertiary/aromatic N) is 5. The number of fused-ring (bicyclic) bond motifs is 1. The molecule has 1 aromatic carbocycles. The molecule has 0 radical (unpaired) electrons. The van der Waals surface area contributed by atoms with Gasteiger partial charge in [-0.1, -0.05) is 0 Å². The summed E-state index contributed by atoms with van der Waals surface area (Å²) in [5.74, 6) is -0.574. The van der Waals surface area contributed by atoms with Crippen molar-refractivity contribution < 1.29 is 18.3 Å². The number of benzene rings is 1. The molecule has 2 fully saturated rings. The molecule has 2 aliphatic rings. The third kappa shape index (κ3) is 3.59. The van der Waals surface area contributed by atoms with Crippen molar-refractivity contribution in [2.45, 2.75) is 19.4 Å². The molecule has 0 bridgehead atoms. The fraction of sp³-hybridized carbons (Fsp3) is 0.429. The SMILES string of the molecule is Cc1cnc2c(-c3ccc(F)cc3F)nc(N3CCO[C@@H]([C@H]4CCOC4)C3)nc2n1. The largest absolute Gasteiger partial charge is 0.381 e. The molecule has 3 aromatic rings. The number of ether oxygens (including phenoxy) is 2. The van der Waals surface area contributed by atoms with E-state index in [-0.39, 0.29) is 11.7 Å². The standard InChI is InChI=1S/C21H21F2N5O2/c1-12-9-24-19-18(15-3-2-14(22)8-16(15)23)26-21(27-20(19)25-12)28-5-7-30-17(10-28)13-4-6-29-11-13/h2-3,8-9,13,17H,4-7,10-11H2,1H3/t13-,17+/m0/s1. The highest BCUT2D eigenvalue weighted by Crippen LogP contribution is 2.30. The third-order valence-corrected chi connectivity index (χ3v) is 5.57. The molecule has 30 heavy (non-hydrogen) atoms. The molecule has 2 aromatic heterocycles. The molecular weight excluding hydrogens is 392 g/mol. The lowest BCUT2D eigenvalue weighted by atomic mass is 10.0. The highest BCUT2D eigenvalue weighted by molar-refractivity contribution is 5.88. The minimum atomic E-state index is -0.703. The predicted molar refractivity (Wildman–Crippen MR) is 106 cm³/mol. The first-order valence-corrected chi connectivity index (χ1v) is 9.99. The van der Waals surface area contributed by atoms with E-state index in [0.717, 1.165) is 19.1 Å². The number of anilines is 1. The van der Waals surface area contributed by atoms with Gasteiger partial charge in [0, 0.05) is 43.4 Å². The van der Waals surface area contributed by atoms with Crippen LogP contribution in [0.1, 0.15) is 12.1 Å². The smallest absolute Gasteiger partial charge is 0.228 e. The van der Waals surface area contributed by atoms with Gasteiger partial charge in [-0.2, -0.15) is 4.98 Å². The number of rotatable bonds is 3. The molecule has 0 spiro atoms. The molecule has 2 atom stereocenters. The number of morpholine rings is 1. The molecule has 156 valence electrons. The maximum Gasteiger partial charge on any atom is 0.228 e. The molecule has 0 amide bonds. The molecule has 0 unspecified atom stereocenters. The van der Waals surface area contributed by atoms with E-state index in [0.29, 0.717) is 60.7 Å². The quantitative estimate of drug-likeness (QED) is 0.654. The van der Waals surface area contributed by atoms with Crippen molar-refractivity contribution in [2.24, 2.45) is 5.92 Å². The number of halogens is 2. The lowest BCUT2D eigenvalue weighted by Gasteiger charge is -2.35. The van der Waals surface area contributed by atoms with Crippen LogP contribution in [0.25, 0.3) is 22.4 Å². The Balaban J connectivity index is 1.58. The zero-order valence-corrected chi connectivity index (χ0v) is 16.5. The molecular formula is C21H21F2N5O2. The Bertz CT molecular complexity index is 1090. The van der Waals surface area contributed by atoms with Crippen molar-refractivity contribution in [3.8, 4) is 11.3 Å². The summed E-state index contributed by atoms with van der Waals surface area (Å²) in [6.07, 6.45) is 2.57. The average Bonchev–Trinajstić information content (AvgIpc) is 3.28. The van der Waals surface area contributed by atoms with Crippen molar-refractivity contribution in [2.75, 3.05) is 37.8 Å². The molecule has 0 N–H and O–H groups in total. The van der Waals surface area contributed by atoms with Gasteiger partial charge in [-0.25, -0.2) is 23.7 Å². The summed E-state index contributed by atoms with van der Waals surface area (Å²) in [7, 11) is 0. The van der Waals surface area contributed by atoms with Crippen LogP contribution in [0.15, 0.2) is 24.4 Å². The van der Waals surface area contributed by atoms with Crippen molar-refractivity contribution in [3.05, 3.63) is 41.7 Å². The van der Waals surface area contributed by atoms with E-state index in [9.17, 15) is 8.78 Å². The first-order valence-electron chi connectivity index (χ1n) is 9.99. The topological polar surface area (TPSA) is 73.3 Å². The normalized spacial score (nSPS) is 22.0. The lowest BCUT2D eigenvalue weighted by molar-refractivity contribution is -0.00167. The van der Waals surface area contributed by atoms with E-state index in [1.165, 1.54) is 12.1 Å². The van der Waals surface area contributed by atoms with Crippen molar-refractivity contribution >= 4 is 17.1 Å². The van der Waals surface area contributed by atoms with E-state index in [1.54, 1.807) is 6.20 Å². The Labute approximate surface area is 172 Å². The highest BCUT2D eigenvalue weighted by atomic mass is 19.1. The monoisotopic (exact) mass is 413 g/mol. The molecule has 7 nitrogen and oxygen atoms in total. The van der Waals surface area contributed by atoms with Gasteiger partial charge < -0.3 is 14.4 Å². The van der Waals surface area contributed by atoms with Crippen LogP contribution in [0.2, 0.25) is 0 Å². The molecule has 9 heteroatoms. The summed E-state index contributed by atoms with van der Waals surface area (Å²) in [4.78, 5) is 20.1. The Morgan fingerprint density at radius 3 is 2.83 bits per heavy atom. The first kappa shape index (κ1) is 19.2. The Morgan fingerprint density at radius 1 is 1.13 bits per heavy atom. The molecule has 0 aliphatic carbocycles. The minimum absolute atomic E-state index is 0.0233. The fourth-order valence-corrected chi connectivity index (χ4v) is 3.98. The van der Waals surface area contributed by atoms with Gasteiger partial charge >= 0.3 is 0 Å². The highest BCUT2D eigenvalue weighted by Gasteiger charge is 2.32. The van der Waals surface area contributed by atoms with Crippen LogP contribution in [0.5, 0.6) is 0 Å². The van der Waals surface area contributed by atoms with E-state index in [4.69, 9.17) is 9.47 Å². The maximum atomic E-state index is 14.6. The Kier molecular flexibility index (Phi) is 5.00. The van der Waals surface area contributed by atoms with Crippen LogP contribution in [0.4, 0.5) is 14.7 Å². The van der Waals surface area contributed by atoms with Gasteiger partial charge in [-0.05, 0) is 25.5 Å². The summed E-state index contributed by atoms with van der Waals surface area (Å²) < 4.78 is 39.5. The van der Waals surface area contributed by atoms with Crippen molar-refractivity contribution in [3.63, 3.8) is 0 Å². The molecule has 5 rings (SSSR count). The molecule has 2 aliphatic heterocycles. The van der Waals surface area contributed by atoms with Crippen molar-refractivity contribution in [1.82, 2.24) is 19.9 Å². The Morgan fingerprint density at radius 2 is 2.03 bits per heavy atom. The predicted octanol–water partition coefficient (Wildman–Crippen LogP) is 2.92. The van der Waals surface area contributed by atoms with E-state index in [2.05, 4.69) is 19.9 Å². The number of hydrogen-bond acceptors (Lipinski definition) is 7. The van der Waals surface area contributed by atoms with Crippen LogP contribution in [-0.2, 0) is 9.47 Å². The second-order valence-corrected chi connectivity index (χ2v) is 7.66. The van der Waals surface area contributed by atoms with Gasteiger partial charge in [0.05, 0.1) is 25.0 Å². The van der Waals surface area contributed by atoms with Gasteiger partial charge in [0.25, 0.3) is 0 Å². The van der Waals surface area contributed by atoms with Crippen LogP contribution in [0.3, 0.4) is 0 Å². The number of aryl methyl sites for hydroxylation is 1. The van der Waals surface area contributed by atoms with E-state index in [1.807, 2.05) is 11.8 Å². The lowest BCUT2D eigenvalue weighted by Crippen LogP contribution is -2.46. The first-order chi connectivity index (χ1) is 14.6. The summed E-state index contributed by atoms with van der Waals surface area (Å²) >= 11 is 0. The Hall–Kier alpha value is -2.78. The van der Waals surface area contributed by atoms with Gasteiger partial charge in [0.15, 0.2) is 5.65 Å². The van der Waals surface area contributed by atoms with Crippen LogP contribution in [0, 0.1) is 24.5 Å². The third-order valence-electron chi connectivity index (χ3n) is 5.57. The fourth-order valence-electron chi connectivity index (χ4n) is 3.98. The van der Waals surface area contributed by atoms with E-state index >= 15 is 0 Å². The number of aromatic nitrogens is 4. The van der Waals surface area contributed by atoms with Gasteiger partial charge in [0.2, 0.25) is 5.95 Å². The van der Waals surface area contributed by atoms with Crippen LogP contribution in [-0.4, -0.2) is 59.0 Å². The minimum Gasteiger partial charge on any atom is -0.381 e. The summed E-state index contributed by atoms with van der Waals surface area (Å²) in [6.45, 7) is 5.03. The van der Waals surface area contributed by atoms with Gasteiger partial charge in [-0.3, -0.25) is 0 Å². The second-order valence-electron chi connectivity index (χ2n) is 7.66. The molecule has 2 saturated heterocycles. The summed E-state index contributed by atoms with van der Waals surface area (Å²) in [5.41, 5.74) is 1.92. The van der Waals surface area contributed by atoms with Gasteiger partial charge in [0.1, 0.15) is 22.8 Å². The number of hydrogen-bond donors (Lipinski definition) is 0. The van der Waals surface area contributed by atoms with Gasteiger partial charge in [-0.15, -0.1) is 0 Å². The average molecular weight is 413 g/mol. The van der Waals surface area contributed by atoms with E-state index < -0.39 is 11.6 Å². The van der Waals surface area contributed by atoms with Crippen molar-refractivity contribution in [1.29, 1.82) is 0 Å². The maximum absolute atomic E-state index is 14.6. The summed E-state index contributed by atoms with van der Waals surface area (Å²) in [6, 6.07) is 3.42. The van der Waals surface area contributed by atoms with Crippen LogP contribution >= 0.6 is 0 Å². The molecule has 4 heterocycles. The summed E-state index contributed by atoms with van der Waals surface area (Å²) in [5, 5.41) is 0. The zero-order chi connectivity index (χ0) is 20.7. The molecule has 0 saturated carbocycles. The zero-order valence-electron chi connectivity index (χ0n) is 16.5.